The van der Waals surface area contributed by atoms with Crippen molar-refractivity contribution in [3.63, 3.8) is 0 Å². The van der Waals surface area contributed by atoms with Crippen LogP contribution >= 0.6 is 0 Å². The van der Waals surface area contributed by atoms with Gasteiger partial charge in [0.1, 0.15) is 5.60 Å². The van der Waals surface area contributed by atoms with E-state index in [4.69, 9.17) is 10.7 Å². The Hall–Kier alpha value is -1.00. The van der Waals surface area contributed by atoms with E-state index in [-0.39, 0.29) is 0 Å². The van der Waals surface area contributed by atoms with Crippen LogP contribution in [0.5, 0.6) is 0 Å². The third-order valence-corrected chi connectivity index (χ3v) is 1.40. The van der Waals surface area contributed by atoms with E-state index in [0.717, 1.165) is 0 Å². The molecule has 0 atom stereocenters. The Morgan fingerprint density at radius 3 is 2.36 bits per heavy atom. The average molecular weight is 153 g/mol. The number of hydrogen-bond donors (Lipinski definition) is 1. The topological polar surface area (TPSA) is 61.0 Å². The van der Waals surface area contributed by atoms with Crippen molar-refractivity contribution in [2.45, 2.75) is 19.4 Å². The predicted molar refractivity (Wildman–Crippen MR) is 40.3 cm³/mol. The second-order valence-electron chi connectivity index (χ2n) is 2.70. The van der Waals surface area contributed by atoms with E-state index in [1.807, 2.05) is 13.8 Å². The van der Waals surface area contributed by atoms with Crippen LogP contribution in [0.2, 0.25) is 0 Å². The number of rotatable bonds is 2. The molecule has 0 amide bonds. The minimum absolute atomic E-state index is 0.586. The normalized spacial score (nSPS) is 11.5. The fourth-order valence-electron chi connectivity index (χ4n) is 0.663. The van der Waals surface area contributed by atoms with Crippen LogP contribution in [0, 0.1) is 0 Å². The SMILES string of the molecule is CC(C)(ON)c1ncccn1. The number of aromatic nitrogens is 2. The molecule has 1 rings (SSSR count). The molecular weight excluding hydrogens is 142 g/mol. The summed E-state index contributed by atoms with van der Waals surface area (Å²) in [6.45, 7) is 3.62. The van der Waals surface area contributed by atoms with Crippen LogP contribution < -0.4 is 5.90 Å². The molecule has 1 aromatic rings. The van der Waals surface area contributed by atoms with E-state index in [1.165, 1.54) is 0 Å². The minimum atomic E-state index is -0.610. The second-order valence-corrected chi connectivity index (χ2v) is 2.70. The maximum Gasteiger partial charge on any atom is 0.161 e. The average Bonchev–Trinajstić information content (AvgIpc) is 2.06. The Labute approximate surface area is 65.4 Å². The predicted octanol–water partition coefficient (Wildman–Crippen LogP) is 0.602. The fraction of sp³-hybridized carbons (Fsp3) is 0.429. The fourth-order valence-corrected chi connectivity index (χ4v) is 0.663. The molecular formula is C7H11N3O. The molecule has 0 radical (unpaired) electrons. The highest BCUT2D eigenvalue weighted by Crippen LogP contribution is 2.16. The van der Waals surface area contributed by atoms with E-state index in [2.05, 4.69) is 9.97 Å². The van der Waals surface area contributed by atoms with Gasteiger partial charge in [0, 0.05) is 12.4 Å². The summed E-state index contributed by atoms with van der Waals surface area (Å²) in [4.78, 5) is 12.7. The first kappa shape index (κ1) is 8.10. The maximum atomic E-state index is 5.06. The molecule has 1 heterocycles. The third-order valence-electron chi connectivity index (χ3n) is 1.40. The lowest BCUT2D eigenvalue weighted by Crippen LogP contribution is -2.27. The summed E-state index contributed by atoms with van der Waals surface area (Å²) in [5.74, 6) is 5.64. The van der Waals surface area contributed by atoms with Crippen molar-refractivity contribution in [1.82, 2.24) is 9.97 Å². The van der Waals surface area contributed by atoms with Crippen molar-refractivity contribution in [1.29, 1.82) is 0 Å². The van der Waals surface area contributed by atoms with Crippen LogP contribution in [0.3, 0.4) is 0 Å². The van der Waals surface area contributed by atoms with Gasteiger partial charge in [-0.2, -0.15) is 0 Å². The largest absolute Gasteiger partial charge is 0.290 e. The third kappa shape index (κ3) is 1.72. The molecule has 0 spiro atoms. The first-order chi connectivity index (χ1) is 5.17. The van der Waals surface area contributed by atoms with Gasteiger partial charge in [-0.1, -0.05) is 0 Å². The van der Waals surface area contributed by atoms with Gasteiger partial charge < -0.3 is 0 Å². The summed E-state index contributed by atoms with van der Waals surface area (Å²) in [7, 11) is 0. The Morgan fingerprint density at radius 2 is 1.91 bits per heavy atom. The zero-order valence-electron chi connectivity index (χ0n) is 6.61. The number of nitrogens with zero attached hydrogens (tertiary/aromatic N) is 2. The van der Waals surface area contributed by atoms with Crippen LogP contribution in [-0.4, -0.2) is 9.97 Å². The Kier molecular flexibility index (Phi) is 2.16. The lowest BCUT2D eigenvalue weighted by Gasteiger charge is -2.18. The molecule has 0 saturated carbocycles. The molecule has 0 unspecified atom stereocenters. The Morgan fingerprint density at radius 1 is 1.36 bits per heavy atom. The molecule has 0 fully saturated rings. The van der Waals surface area contributed by atoms with E-state index in [1.54, 1.807) is 18.5 Å². The van der Waals surface area contributed by atoms with Crippen LogP contribution in [0.15, 0.2) is 18.5 Å². The summed E-state index contributed by atoms with van der Waals surface area (Å²) in [6, 6.07) is 1.75. The molecule has 11 heavy (non-hydrogen) atoms. The highest BCUT2D eigenvalue weighted by atomic mass is 16.6. The summed E-state index contributed by atoms with van der Waals surface area (Å²) < 4.78 is 0. The van der Waals surface area contributed by atoms with Gasteiger partial charge in [-0.25, -0.2) is 15.9 Å². The van der Waals surface area contributed by atoms with Gasteiger partial charge >= 0.3 is 0 Å². The first-order valence-electron chi connectivity index (χ1n) is 3.32. The molecule has 60 valence electrons. The van der Waals surface area contributed by atoms with E-state index in [0.29, 0.717) is 5.82 Å². The van der Waals surface area contributed by atoms with E-state index in [9.17, 15) is 0 Å². The molecule has 0 bridgehead atoms. The summed E-state index contributed by atoms with van der Waals surface area (Å²) in [5, 5.41) is 0. The Bertz CT molecular complexity index is 222. The van der Waals surface area contributed by atoms with Crippen molar-refractivity contribution >= 4 is 0 Å². The zero-order valence-corrected chi connectivity index (χ0v) is 6.61. The van der Waals surface area contributed by atoms with Crippen LogP contribution in [-0.2, 0) is 10.4 Å². The molecule has 4 heteroatoms. The van der Waals surface area contributed by atoms with Crippen molar-refractivity contribution < 1.29 is 4.84 Å². The van der Waals surface area contributed by atoms with E-state index < -0.39 is 5.60 Å². The zero-order chi connectivity index (χ0) is 8.32. The second kappa shape index (κ2) is 2.94. The summed E-state index contributed by atoms with van der Waals surface area (Å²) in [5.41, 5.74) is -0.610. The van der Waals surface area contributed by atoms with Crippen molar-refractivity contribution in [3.8, 4) is 0 Å². The van der Waals surface area contributed by atoms with Crippen LogP contribution in [0.25, 0.3) is 0 Å². The molecule has 0 aliphatic rings. The number of nitrogens with two attached hydrogens (primary N) is 1. The highest BCUT2D eigenvalue weighted by molar-refractivity contribution is 4.98. The summed E-state index contributed by atoms with van der Waals surface area (Å²) in [6.07, 6.45) is 3.31. The quantitative estimate of drug-likeness (QED) is 0.632. The molecule has 0 aliphatic heterocycles. The molecule has 0 aromatic carbocycles. The molecule has 2 N–H and O–H groups in total. The Balaban J connectivity index is 2.93. The lowest BCUT2D eigenvalue weighted by atomic mass is 10.1. The molecule has 4 nitrogen and oxygen atoms in total. The van der Waals surface area contributed by atoms with Crippen molar-refractivity contribution in [2.24, 2.45) is 5.90 Å². The minimum Gasteiger partial charge on any atom is -0.290 e. The lowest BCUT2D eigenvalue weighted by molar-refractivity contribution is -0.0302. The highest BCUT2D eigenvalue weighted by Gasteiger charge is 2.22. The maximum absolute atomic E-state index is 5.06. The van der Waals surface area contributed by atoms with Crippen LogP contribution in [0.4, 0.5) is 0 Å². The van der Waals surface area contributed by atoms with Gasteiger partial charge in [-0.05, 0) is 19.9 Å². The summed E-state index contributed by atoms with van der Waals surface area (Å²) >= 11 is 0. The van der Waals surface area contributed by atoms with Gasteiger partial charge in [0.25, 0.3) is 0 Å². The van der Waals surface area contributed by atoms with Crippen molar-refractivity contribution in [3.05, 3.63) is 24.3 Å². The van der Waals surface area contributed by atoms with E-state index >= 15 is 0 Å². The standard InChI is InChI=1S/C7H11N3O/c1-7(2,11-8)6-9-4-3-5-10-6/h3-5H,8H2,1-2H3. The molecule has 0 aliphatic carbocycles. The van der Waals surface area contributed by atoms with Gasteiger partial charge in [0.2, 0.25) is 0 Å². The molecule has 1 aromatic heterocycles. The number of hydrogen-bond acceptors (Lipinski definition) is 4. The monoisotopic (exact) mass is 153 g/mol. The first-order valence-corrected chi connectivity index (χ1v) is 3.32. The van der Waals surface area contributed by atoms with Crippen molar-refractivity contribution in [2.75, 3.05) is 0 Å². The van der Waals surface area contributed by atoms with Gasteiger partial charge in [-0.15, -0.1) is 0 Å². The van der Waals surface area contributed by atoms with Gasteiger partial charge in [0.15, 0.2) is 5.82 Å². The van der Waals surface area contributed by atoms with Gasteiger partial charge in [-0.3, -0.25) is 4.84 Å². The van der Waals surface area contributed by atoms with Gasteiger partial charge in [0.05, 0.1) is 0 Å². The smallest absolute Gasteiger partial charge is 0.161 e. The molecule has 0 saturated heterocycles. The van der Waals surface area contributed by atoms with Crippen LogP contribution in [0.1, 0.15) is 19.7 Å².